The van der Waals surface area contributed by atoms with E-state index in [-0.39, 0.29) is 12.3 Å². The first-order chi connectivity index (χ1) is 15.1. The second-order valence-electron chi connectivity index (χ2n) is 7.31. The number of ether oxygens (including phenoxy) is 3. The third-order valence-electron chi connectivity index (χ3n) is 5.45. The van der Waals surface area contributed by atoms with Crippen LogP contribution in [-0.2, 0) is 17.6 Å². The van der Waals surface area contributed by atoms with Gasteiger partial charge in [-0.1, -0.05) is 30.3 Å². The maximum absolute atomic E-state index is 12.9. The van der Waals surface area contributed by atoms with Crippen molar-refractivity contribution in [1.82, 2.24) is 0 Å². The number of carbonyl (C=O) groups is 1. The number of fused-ring (bicyclic) bond motifs is 1. The van der Waals surface area contributed by atoms with Gasteiger partial charge in [-0.25, -0.2) is 0 Å². The molecule has 1 amide bonds. The van der Waals surface area contributed by atoms with Crippen LogP contribution >= 0.6 is 0 Å². The SMILES string of the molecule is COc1cc(CC(=O)Nc2ccccc2N2CCc3ccccc32)cc(OC)c1OC. The Balaban J connectivity index is 1.56. The number of benzene rings is 3. The lowest BCUT2D eigenvalue weighted by Crippen LogP contribution is -2.19. The fourth-order valence-corrected chi connectivity index (χ4v) is 4.02. The van der Waals surface area contributed by atoms with E-state index in [2.05, 4.69) is 28.4 Å². The molecule has 160 valence electrons. The molecular weight excluding hydrogens is 392 g/mol. The van der Waals surface area contributed by atoms with Crippen molar-refractivity contribution in [1.29, 1.82) is 0 Å². The summed E-state index contributed by atoms with van der Waals surface area (Å²) < 4.78 is 16.2. The van der Waals surface area contributed by atoms with E-state index < -0.39 is 0 Å². The van der Waals surface area contributed by atoms with Gasteiger partial charge in [0.25, 0.3) is 0 Å². The number of rotatable bonds is 7. The first-order valence-corrected chi connectivity index (χ1v) is 10.2. The van der Waals surface area contributed by atoms with Crippen LogP contribution < -0.4 is 24.4 Å². The van der Waals surface area contributed by atoms with Crippen LogP contribution in [0.3, 0.4) is 0 Å². The average molecular weight is 418 g/mol. The molecule has 1 N–H and O–H groups in total. The van der Waals surface area contributed by atoms with E-state index in [0.29, 0.717) is 17.2 Å². The second kappa shape index (κ2) is 9.00. The number of hydrogen-bond donors (Lipinski definition) is 1. The van der Waals surface area contributed by atoms with Crippen LogP contribution in [0.15, 0.2) is 60.7 Å². The van der Waals surface area contributed by atoms with Crippen LogP contribution in [0.4, 0.5) is 17.1 Å². The number of nitrogens with one attached hydrogen (secondary N) is 1. The van der Waals surface area contributed by atoms with Gasteiger partial charge in [-0.3, -0.25) is 4.79 Å². The van der Waals surface area contributed by atoms with E-state index in [1.165, 1.54) is 11.3 Å². The molecule has 6 nitrogen and oxygen atoms in total. The highest BCUT2D eigenvalue weighted by Crippen LogP contribution is 2.39. The molecule has 3 aromatic carbocycles. The van der Waals surface area contributed by atoms with E-state index in [1.54, 1.807) is 33.5 Å². The monoisotopic (exact) mass is 418 g/mol. The molecule has 3 aromatic rings. The molecule has 0 saturated heterocycles. The molecule has 0 fully saturated rings. The lowest BCUT2D eigenvalue weighted by molar-refractivity contribution is -0.115. The van der Waals surface area contributed by atoms with Gasteiger partial charge in [0, 0.05) is 12.2 Å². The van der Waals surface area contributed by atoms with Crippen molar-refractivity contribution in [3.8, 4) is 17.2 Å². The van der Waals surface area contributed by atoms with Gasteiger partial charge in [-0.2, -0.15) is 0 Å². The molecule has 0 saturated carbocycles. The van der Waals surface area contributed by atoms with Gasteiger partial charge in [-0.05, 0) is 47.9 Å². The van der Waals surface area contributed by atoms with Crippen LogP contribution in [0.1, 0.15) is 11.1 Å². The molecule has 1 heterocycles. The van der Waals surface area contributed by atoms with Crippen LogP contribution in [0, 0.1) is 0 Å². The standard InChI is InChI=1S/C25H26N2O4/c1-29-22-14-17(15-23(30-2)25(22)31-3)16-24(28)26-19-9-5-7-11-21(19)27-13-12-18-8-4-6-10-20(18)27/h4-11,14-15H,12-13,16H2,1-3H3,(H,26,28). The number of carbonyl (C=O) groups excluding carboxylic acids is 1. The van der Waals surface area contributed by atoms with Gasteiger partial charge in [0.1, 0.15) is 0 Å². The predicted octanol–water partition coefficient (Wildman–Crippen LogP) is 4.59. The summed E-state index contributed by atoms with van der Waals surface area (Å²) in [6, 6.07) is 19.9. The van der Waals surface area contributed by atoms with Gasteiger partial charge < -0.3 is 24.4 Å². The fourth-order valence-electron chi connectivity index (χ4n) is 4.02. The van der Waals surface area contributed by atoms with Crippen LogP contribution in [0.2, 0.25) is 0 Å². The Kier molecular flexibility index (Phi) is 5.98. The molecule has 31 heavy (non-hydrogen) atoms. The van der Waals surface area contributed by atoms with E-state index in [9.17, 15) is 4.79 Å². The summed E-state index contributed by atoms with van der Waals surface area (Å²) in [5.41, 5.74) is 5.06. The van der Waals surface area contributed by atoms with Crippen molar-refractivity contribution in [2.75, 3.05) is 38.1 Å². The summed E-state index contributed by atoms with van der Waals surface area (Å²) in [5, 5.41) is 3.08. The molecule has 0 radical (unpaired) electrons. The Morgan fingerprint density at radius 3 is 2.23 bits per heavy atom. The number of para-hydroxylation sites is 3. The zero-order chi connectivity index (χ0) is 21.8. The minimum Gasteiger partial charge on any atom is -0.493 e. The quantitative estimate of drug-likeness (QED) is 0.608. The Hall–Kier alpha value is -3.67. The molecule has 0 bridgehead atoms. The zero-order valence-electron chi connectivity index (χ0n) is 18.0. The summed E-state index contributed by atoms with van der Waals surface area (Å²) in [4.78, 5) is 15.2. The molecule has 4 rings (SSSR count). The number of amides is 1. The fraction of sp³-hybridized carbons (Fsp3) is 0.240. The molecule has 0 spiro atoms. The average Bonchev–Trinajstić information content (AvgIpc) is 3.22. The van der Waals surface area contributed by atoms with Crippen molar-refractivity contribution in [3.63, 3.8) is 0 Å². The number of hydrogen-bond acceptors (Lipinski definition) is 5. The van der Waals surface area contributed by atoms with E-state index in [1.807, 2.05) is 30.3 Å². The summed E-state index contributed by atoms with van der Waals surface area (Å²) in [7, 11) is 4.68. The van der Waals surface area contributed by atoms with Gasteiger partial charge in [0.2, 0.25) is 11.7 Å². The topological polar surface area (TPSA) is 60.0 Å². The molecule has 1 aliphatic rings. The minimum atomic E-state index is -0.116. The van der Waals surface area contributed by atoms with Crippen molar-refractivity contribution >= 4 is 23.0 Å². The molecule has 0 aliphatic carbocycles. The normalized spacial score (nSPS) is 12.3. The van der Waals surface area contributed by atoms with Crippen molar-refractivity contribution in [3.05, 3.63) is 71.8 Å². The van der Waals surface area contributed by atoms with Crippen molar-refractivity contribution < 1.29 is 19.0 Å². The predicted molar refractivity (Wildman–Crippen MR) is 122 cm³/mol. The second-order valence-corrected chi connectivity index (χ2v) is 7.31. The van der Waals surface area contributed by atoms with E-state index in [4.69, 9.17) is 14.2 Å². The number of methoxy groups -OCH3 is 3. The highest BCUT2D eigenvalue weighted by molar-refractivity contribution is 5.96. The first kappa shape index (κ1) is 20.6. The molecule has 0 aromatic heterocycles. The van der Waals surface area contributed by atoms with Gasteiger partial charge in [-0.15, -0.1) is 0 Å². The molecule has 0 unspecified atom stereocenters. The van der Waals surface area contributed by atoms with Gasteiger partial charge >= 0.3 is 0 Å². The Morgan fingerprint density at radius 1 is 0.903 bits per heavy atom. The Morgan fingerprint density at radius 2 is 1.55 bits per heavy atom. The maximum Gasteiger partial charge on any atom is 0.228 e. The van der Waals surface area contributed by atoms with Gasteiger partial charge in [0.15, 0.2) is 11.5 Å². The summed E-state index contributed by atoms with van der Waals surface area (Å²) in [6.45, 7) is 0.888. The maximum atomic E-state index is 12.9. The van der Waals surface area contributed by atoms with E-state index >= 15 is 0 Å². The highest BCUT2D eigenvalue weighted by atomic mass is 16.5. The van der Waals surface area contributed by atoms with Gasteiger partial charge in [0.05, 0.1) is 39.1 Å². The van der Waals surface area contributed by atoms with Crippen LogP contribution in [0.5, 0.6) is 17.2 Å². The summed E-state index contributed by atoms with van der Waals surface area (Å²) >= 11 is 0. The highest BCUT2D eigenvalue weighted by Gasteiger charge is 2.22. The summed E-state index contributed by atoms with van der Waals surface area (Å²) in [5.74, 6) is 1.44. The third-order valence-corrected chi connectivity index (χ3v) is 5.45. The third kappa shape index (κ3) is 4.14. The smallest absolute Gasteiger partial charge is 0.228 e. The molecule has 0 atom stereocenters. The Bertz CT molecular complexity index is 1070. The number of anilines is 3. The largest absolute Gasteiger partial charge is 0.493 e. The molecular formula is C25H26N2O4. The Labute approximate surface area is 182 Å². The number of nitrogens with zero attached hydrogens (tertiary/aromatic N) is 1. The minimum absolute atomic E-state index is 0.116. The summed E-state index contributed by atoms with van der Waals surface area (Å²) in [6.07, 6.45) is 1.17. The lowest BCUT2D eigenvalue weighted by atomic mass is 10.1. The van der Waals surface area contributed by atoms with Crippen LogP contribution in [0.25, 0.3) is 0 Å². The van der Waals surface area contributed by atoms with E-state index in [0.717, 1.165) is 29.9 Å². The molecule has 6 heteroatoms. The first-order valence-electron chi connectivity index (χ1n) is 10.2. The van der Waals surface area contributed by atoms with Crippen molar-refractivity contribution in [2.45, 2.75) is 12.8 Å². The van der Waals surface area contributed by atoms with Crippen LogP contribution in [-0.4, -0.2) is 33.8 Å². The lowest BCUT2D eigenvalue weighted by Gasteiger charge is -2.23. The molecule has 1 aliphatic heterocycles. The zero-order valence-corrected chi connectivity index (χ0v) is 18.0. The van der Waals surface area contributed by atoms with Crippen molar-refractivity contribution in [2.24, 2.45) is 0 Å².